The molecule has 0 radical (unpaired) electrons. The van der Waals surface area contributed by atoms with Crippen molar-refractivity contribution in [3.8, 4) is 0 Å². The number of hydrogen-bond acceptors (Lipinski definition) is 14. The molecule has 0 spiro atoms. The number of nitrogens with zero attached hydrogens (tertiary/aromatic N) is 6. The van der Waals surface area contributed by atoms with E-state index >= 15 is 0 Å². The zero-order valence-electron chi connectivity index (χ0n) is 47.3. The first-order valence-corrected chi connectivity index (χ1v) is 30.6. The number of carbonyl (C=O) groups excluding carboxylic acids is 4. The Kier molecular flexibility index (Phi) is 20.5. The number of amides is 4. The molecule has 18 nitrogen and oxygen atoms in total. The lowest BCUT2D eigenvalue weighted by molar-refractivity contribution is -0.138. The molecule has 0 saturated carbocycles. The van der Waals surface area contributed by atoms with Crippen LogP contribution in [-0.4, -0.2) is 144 Å². The third-order valence-corrected chi connectivity index (χ3v) is 17.7. The monoisotopic (exact) mass is 1170 g/mol. The van der Waals surface area contributed by atoms with Crippen LogP contribution in [0.3, 0.4) is 0 Å². The molecule has 4 heterocycles. The van der Waals surface area contributed by atoms with Crippen LogP contribution in [0, 0.1) is 0 Å². The van der Waals surface area contributed by atoms with Crippen molar-refractivity contribution in [1.29, 1.82) is 0 Å². The van der Waals surface area contributed by atoms with Crippen LogP contribution in [0.15, 0.2) is 153 Å². The summed E-state index contributed by atoms with van der Waals surface area (Å²) < 4.78 is 26.0. The zero-order chi connectivity index (χ0) is 58.4. The maximum absolute atomic E-state index is 14.5. The molecular weight excluding hydrogens is 1100 g/mol. The molecule has 2 aromatic heterocycles. The van der Waals surface area contributed by atoms with Crippen LogP contribution >= 0.6 is 23.5 Å². The first-order chi connectivity index (χ1) is 41.1. The van der Waals surface area contributed by atoms with Gasteiger partial charge in [0.05, 0.1) is 74.7 Å². The molecule has 438 valence electrons. The van der Waals surface area contributed by atoms with Gasteiger partial charge < -0.3 is 39.4 Å². The molecule has 0 aliphatic carbocycles. The molecule has 4 atom stereocenters. The van der Waals surface area contributed by atoms with E-state index in [2.05, 4.69) is 10.6 Å². The summed E-state index contributed by atoms with van der Waals surface area (Å²) in [6.45, 7) is 8.47. The third-order valence-electron chi connectivity index (χ3n) is 15.2. The van der Waals surface area contributed by atoms with Crippen molar-refractivity contribution < 1.29 is 38.1 Å². The summed E-state index contributed by atoms with van der Waals surface area (Å²) in [6, 6.07) is 40.8. The largest absolute Gasteiger partial charge is 0.377 e. The molecule has 6 aromatic carbocycles. The van der Waals surface area contributed by atoms with Gasteiger partial charge in [-0.2, -0.15) is 0 Å². The number of benzene rings is 6. The Hall–Kier alpha value is -7.46. The second-order valence-electron chi connectivity index (χ2n) is 20.5. The first kappa shape index (κ1) is 59.7. The lowest BCUT2D eigenvalue weighted by Gasteiger charge is -2.28. The summed E-state index contributed by atoms with van der Waals surface area (Å²) in [5.41, 5.74) is 2.31. The molecule has 0 bridgehead atoms. The predicted molar refractivity (Wildman–Crippen MR) is 327 cm³/mol. The van der Waals surface area contributed by atoms with Gasteiger partial charge in [0.2, 0.25) is 23.6 Å². The van der Waals surface area contributed by atoms with Gasteiger partial charge in [-0.15, -0.1) is 0 Å². The normalized spacial score (nSPS) is 16.0. The van der Waals surface area contributed by atoms with Gasteiger partial charge in [0.15, 0.2) is 10.3 Å². The van der Waals surface area contributed by atoms with Crippen LogP contribution in [-0.2, 0) is 51.2 Å². The van der Waals surface area contributed by atoms with Crippen LogP contribution in [0.4, 0.5) is 0 Å². The van der Waals surface area contributed by atoms with E-state index in [-0.39, 0.29) is 61.1 Å². The summed E-state index contributed by atoms with van der Waals surface area (Å²) in [5, 5.41) is 10.2. The highest BCUT2D eigenvalue weighted by molar-refractivity contribution is 8.00. The highest BCUT2D eigenvalue weighted by Gasteiger charge is 2.40. The summed E-state index contributed by atoms with van der Waals surface area (Å²) in [4.78, 5) is 97.2. The second kappa shape index (κ2) is 28.9. The van der Waals surface area contributed by atoms with Gasteiger partial charge in [0.1, 0.15) is 22.6 Å². The number of nitrogens with one attached hydrogen (secondary N) is 2. The van der Waals surface area contributed by atoms with Crippen molar-refractivity contribution in [2.75, 3.05) is 79.0 Å². The topological polar surface area (TPSA) is 206 Å². The summed E-state index contributed by atoms with van der Waals surface area (Å²) in [7, 11) is 0. The Bertz CT molecular complexity index is 3500. The summed E-state index contributed by atoms with van der Waals surface area (Å²) in [6.07, 6.45) is 2.43. The molecular formula is C64H70N8O10S2. The molecule has 2 fully saturated rings. The van der Waals surface area contributed by atoms with E-state index in [4.69, 9.17) is 28.9 Å². The molecule has 1 unspecified atom stereocenters. The molecule has 84 heavy (non-hydrogen) atoms. The lowest BCUT2D eigenvalue weighted by Crippen LogP contribution is -2.47. The fourth-order valence-electron chi connectivity index (χ4n) is 10.9. The van der Waals surface area contributed by atoms with Crippen molar-refractivity contribution in [2.24, 2.45) is 0 Å². The number of carbonyl (C=O) groups is 4. The Morgan fingerprint density at radius 1 is 0.500 bits per heavy atom. The number of thioether (sulfide) groups is 2. The summed E-state index contributed by atoms with van der Waals surface area (Å²) >= 11 is 2.48. The number of ether oxygens (including phenoxy) is 4. The minimum Gasteiger partial charge on any atom is -0.377 e. The van der Waals surface area contributed by atoms with Crippen LogP contribution in [0.2, 0.25) is 0 Å². The van der Waals surface area contributed by atoms with Gasteiger partial charge in [-0.1, -0.05) is 133 Å². The second-order valence-corrected chi connectivity index (χ2v) is 22.7. The van der Waals surface area contributed by atoms with Crippen LogP contribution in [0.1, 0.15) is 61.2 Å². The van der Waals surface area contributed by atoms with Gasteiger partial charge in [-0.3, -0.25) is 37.9 Å². The van der Waals surface area contributed by atoms with Gasteiger partial charge >= 0.3 is 0 Å². The van der Waals surface area contributed by atoms with Gasteiger partial charge in [0.25, 0.3) is 11.1 Å². The number of hydrogen-bond donors (Lipinski definition) is 2. The quantitative estimate of drug-likeness (QED) is 0.0216. The number of fused-ring (bicyclic) bond motifs is 4. The molecule has 20 heteroatoms. The number of aromatic nitrogens is 4. The maximum atomic E-state index is 14.5. The van der Waals surface area contributed by atoms with E-state index in [9.17, 15) is 28.8 Å². The molecule has 8 aromatic rings. The molecule has 2 aliphatic rings. The van der Waals surface area contributed by atoms with Crippen molar-refractivity contribution in [2.45, 2.75) is 85.5 Å². The average Bonchev–Trinajstić information content (AvgIpc) is 2.53. The Labute approximate surface area is 495 Å². The van der Waals surface area contributed by atoms with E-state index in [0.717, 1.165) is 32.7 Å². The van der Waals surface area contributed by atoms with Crippen molar-refractivity contribution in [3.05, 3.63) is 165 Å². The standard InChI is InChI=1S/C64H70N8O10S2/c1-3-69-59(75)49-39-45-21-11-13-23-47(45)41-51(49)67-63(69)83-55(43-17-7-5-8-18-43)61(77)71-29-15-25-53(71)57(73)65-27-31-79-33-35-81-37-38-82-36-34-80-32-28-66-58(74)54-26-16-30-72(54)62(78)56(44-19-9-6-10-20-44)84-64-68-52-42-48-24-14-12-22-46(48)40-50(52)60(76)70(64)4-2/h5-14,17-24,39-42,53-56H,3-4,15-16,25-38H2,1-2H3,(H,65,73)(H,66,74)/t53-,54?,55-,56+/m1/s1. The fraction of sp³-hybridized carbons (Fsp3) is 0.375. The summed E-state index contributed by atoms with van der Waals surface area (Å²) in [5.74, 6) is -0.907. The van der Waals surface area contributed by atoms with E-state index in [1.807, 2.05) is 147 Å². The van der Waals surface area contributed by atoms with E-state index < -0.39 is 22.6 Å². The number of rotatable bonds is 27. The minimum atomic E-state index is -0.743. The first-order valence-electron chi connectivity index (χ1n) is 28.9. The van der Waals surface area contributed by atoms with E-state index in [1.165, 1.54) is 23.5 Å². The third kappa shape index (κ3) is 14.0. The fourth-order valence-corrected chi connectivity index (χ4v) is 13.4. The SMILES string of the molecule is CCn1c(S[C@H](C(=O)N2CCCC2C(=O)NCCOCCOCCOCCOCCNC(=O)[C@H]2CCCN2C(=O)[C@H](Sc2nc3cc4ccccc4cc3c(=O)n2CC)c2ccccc2)c2ccccc2)nc2cc3ccccc3cc2c1=O. The molecule has 4 amide bonds. The van der Waals surface area contributed by atoms with Crippen molar-refractivity contribution >= 4 is 90.5 Å². The molecule has 10 rings (SSSR count). The Morgan fingerprint density at radius 3 is 1.21 bits per heavy atom. The Balaban J connectivity index is 0.607. The Morgan fingerprint density at radius 2 is 0.845 bits per heavy atom. The van der Waals surface area contributed by atoms with Crippen LogP contribution < -0.4 is 21.8 Å². The highest BCUT2D eigenvalue weighted by Crippen LogP contribution is 2.40. The van der Waals surface area contributed by atoms with Gasteiger partial charge in [-0.05, 0) is 96.5 Å². The van der Waals surface area contributed by atoms with Crippen LogP contribution in [0.25, 0.3) is 43.4 Å². The minimum absolute atomic E-state index is 0.166. The van der Waals surface area contributed by atoms with Gasteiger partial charge in [0, 0.05) is 39.3 Å². The highest BCUT2D eigenvalue weighted by atomic mass is 32.2. The molecule has 2 saturated heterocycles. The predicted octanol–water partition coefficient (Wildman–Crippen LogP) is 8.10. The number of likely N-dealkylation sites (tertiary alicyclic amines) is 2. The lowest BCUT2D eigenvalue weighted by atomic mass is 10.1. The molecule has 2 N–H and O–H groups in total. The van der Waals surface area contributed by atoms with E-state index in [0.29, 0.717) is 124 Å². The molecule has 2 aliphatic heterocycles. The van der Waals surface area contributed by atoms with Gasteiger partial charge in [-0.25, -0.2) is 9.97 Å². The van der Waals surface area contributed by atoms with Crippen LogP contribution in [0.5, 0.6) is 0 Å². The maximum Gasteiger partial charge on any atom is 0.262 e. The zero-order valence-corrected chi connectivity index (χ0v) is 49.0. The van der Waals surface area contributed by atoms with E-state index in [1.54, 1.807) is 18.9 Å². The van der Waals surface area contributed by atoms with Crippen molar-refractivity contribution in [1.82, 2.24) is 39.5 Å². The van der Waals surface area contributed by atoms with Crippen molar-refractivity contribution in [3.63, 3.8) is 0 Å². The smallest absolute Gasteiger partial charge is 0.262 e. The average molecular weight is 1180 g/mol.